The summed E-state index contributed by atoms with van der Waals surface area (Å²) < 4.78 is 1.12. The van der Waals surface area contributed by atoms with Crippen LogP contribution in [-0.2, 0) is 6.42 Å². The van der Waals surface area contributed by atoms with Crippen molar-refractivity contribution in [3.8, 4) is 0 Å². The Kier molecular flexibility index (Phi) is 5.43. The number of amides is 1. The molecule has 0 radical (unpaired) electrons. The molecule has 2 aromatic carbocycles. The van der Waals surface area contributed by atoms with Crippen LogP contribution >= 0.6 is 34.2 Å². The highest BCUT2D eigenvalue weighted by Gasteiger charge is 2.10. The molecule has 0 heterocycles. The maximum absolute atomic E-state index is 12.1. The van der Waals surface area contributed by atoms with Gasteiger partial charge in [0.1, 0.15) is 0 Å². The van der Waals surface area contributed by atoms with Gasteiger partial charge >= 0.3 is 0 Å². The Morgan fingerprint density at radius 3 is 2.60 bits per heavy atom. The summed E-state index contributed by atoms with van der Waals surface area (Å²) in [7, 11) is 0. The molecule has 0 aliphatic rings. The Balaban J connectivity index is 1.95. The van der Waals surface area contributed by atoms with E-state index < -0.39 is 0 Å². The first-order valence-corrected chi connectivity index (χ1v) is 7.81. The van der Waals surface area contributed by atoms with Gasteiger partial charge in [-0.05, 0) is 77.9 Å². The van der Waals surface area contributed by atoms with Gasteiger partial charge in [-0.15, -0.1) is 0 Å². The van der Waals surface area contributed by atoms with Gasteiger partial charge in [0, 0.05) is 20.2 Å². The average Bonchev–Trinajstić information content (AvgIpc) is 2.39. The fourth-order valence-corrected chi connectivity index (χ4v) is 2.55. The van der Waals surface area contributed by atoms with Crippen molar-refractivity contribution >= 4 is 40.1 Å². The normalized spacial score (nSPS) is 11.9. The molecule has 0 aliphatic carbocycles. The van der Waals surface area contributed by atoms with Gasteiger partial charge in [0.25, 0.3) is 5.91 Å². The number of nitrogens with one attached hydrogen (secondary N) is 1. The Hall–Kier alpha value is -1.07. The van der Waals surface area contributed by atoms with E-state index in [0.717, 1.165) is 20.6 Å². The smallest absolute Gasteiger partial charge is 0.251 e. The van der Waals surface area contributed by atoms with E-state index in [0.29, 0.717) is 5.56 Å². The molecule has 1 unspecified atom stereocenters. The standard InChI is InChI=1S/C16H15ClINO/c1-11(9-12-3-2-4-14(17)10-12)19-16(20)13-5-7-15(18)8-6-13/h2-8,10-11H,9H2,1H3,(H,19,20). The number of carbonyl (C=O) groups is 1. The molecular weight excluding hydrogens is 385 g/mol. The Bertz CT molecular complexity index is 598. The zero-order valence-corrected chi connectivity index (χ0v) is 14.0. The van der Waals surface area contributed by atoms with E-state index in [1.54, 1.807) is 0 Å². The van der Waals surface area contributed by atoms with Crippen molar-refractivity contribution in [1.29, 1.82) is 0 Å². The molecule has 0 spiro atoms. The first kappa shape index (κ1) is 15.3. The summed E-state index contributed by atoms with van der Waals surface area (Å²) in [5, 5.41) is 3.72. The second-order valence-corrected chi connectivity index (χ2v) is 6.40. The average molecular weight is 400 g/mol. The predicted octanol–water partition coefficient (Wildman–Crippen LogP) is 4.31. The molecule has 1 amide bonds. The van der Waals surface area contributed by atoms with Gasteiger partial charge in [-0.3, -0.25) is 4.79 Å². The molecule has 0 saturated carbocycles. The third-order valence-electron chi connectivity index (χ3n) is 2.91. The van der Waals surface area contributed by atoms with Crippen LogP contribution in [-0.4, -0.2) is 11.9 Å². The van der Waals surface area contributed by atoms with Crippen molar-refractivity contribution < 1.29 is 4.79 Å². The highest BCUT2D eigenvalue weighted by atomic mass is 127. The molecule has 2 nitrogen and oxygen atoms in total. The second kappa shape index (κ2) is 7.09. The van der Waals surface area contributed by atoms with E-state index >= 15 is 0 Å². The maximum Gasteiger partial charge on any atom is 0.251 e. The Morgan fingerprint density at radius 2 is 1.95 bits per heavy atom. The van der Waals surface area contributed by atoms with Gasteiger partial charge in [-0.2, -0.15) is 0 Å². The van der Waals surface area contributed by atoms with E-state index in [4.69, 9.17) is 11.6 Å². The quantitative estimate of drug-likeness (QED) is 0.763. The SMILES string of the molecule is CC(Cc1cccc(Cl)c1)NC(=O)c1ccc(I)cc1. The zero-order valence-electron chi connectivity index (χ0n) is 11.1. The molecule has 2 aromatic rings. The van der Waals surface area contributed by atoms with Crippen molar-refractivity contribution in [2.24, 2.45) is 0 Å². The lowest BCUT2D eigenvalue weighted by atomic mass is 10.1. The summed E-state index contributed by atoms with van der Waals surface area (Å²) in [4.78, 5) is 12.1. The summed E-state index contributed by atoms with van der Waals surface area (Å²) in [5.41, 5.74) is 1.80. The highest BCUT2D eigenvalue weighted by Crippen LogP contribution is 2.13. The summed E-state index contributed by atoms with van der Waals surface area (Å²) in [6.45, 7) is 1.99. The van der Waals surface area contributed by atoms with Crippen LogP contribution in [0, 0.1) is 3.57 Å². The van der Waals surface area contributed by atoms with Gasteiger partial charge in [-0.25, -0.2) is 0 Å². The third kappa shape index (κ3) is 4.49. The minimum atomic E-state index is -0.0454. The van der Waals surface area contributed by atoms with Gasteiger partial charge in [0.15, 0.2) is 0 Å². The van der Waals surface area contributed by atoms with Crippen LogP contribution in [0.5, 0.6) is 0 Å². The molecule has 0 aliphatic heterocycles. The first-order chi connectivity index (χ1) is 9.54. The maximum atomic E-state index is 12.1. The molecule has 4 heteroatoms. The minimum Gasteiger partial charge on any atom is -0.349 e. The Morgan fingerprint density at radius 1 is 1.25 bits per heavy atom. The monoisotopic (exact) mass is 399 g/mol. The van der Waals surface area contributed by atoms with Gasteiger partial charge in [0.2, 0.25) is 0 Å². The lowest BCUT2D eigenvalue weighted by Crippen LogP contribution is -2.34. The van der Waals surface area contributed by atoms with E-state index in [9.17, 15) is 4.79 Å². The summed E-state index contributed by atoms with van der Waals surface area (Å²) in [6, 6.07) is 15.3. The molecule has 104 valence electrons. The molecule has 1 N–H and O–H groups in total. The number of rotatable bonds is 4. The molecule has 2 rings (SSSR count). The summed E-state index contributed by atoms with van der Waals surface area (Å²) in [6.07, 6.45) is 0.761. The molecule has 0 aromatic heterocycles. The van der Waals surface area contributed by atoms with Crippen LogP contribution < -0.4 is 5.32 Å². The topological polar surface area (TPSA) is 29.1 Å². The summed E-state index contributed by atoms with van der Waals surface area (Å²) in [5.74, 6) is -0.0454. The van der Waals surface area contributed by atoms with Crippen molar-refractivity contribution in [3.63, 3.8) is 0 Å². The predicted molar refractivity (Wildman–Crippen MR) is 91.2 cm³/mol. The minimum absolute atomic E-state index is 0.0454. The molecule has 1 atom stereocenters. The van der Waals surface area contributed by atoms with Crippen molar-refractivity contribution in [1.82, 2.24) is 5.32 Å². The van der Waals surface area contributed by atoms with E-state index in [1.165, 1.54) is 0 Å². The van der Waals surface area contributed by atoms with Crippen LogP contribution in [0.25, 0.3) is 0 Å². The van der Waals surface area contributed by atoms with Crippen LogP contribution in [0.3, 0.4) is 0 Å². The second-order valence-electron chi connectivity index (χ2n) is 4.72. The number of hydrogen-bond acceptors (Lipinski definition) is 1. The van der Waals surface area contributed by atoms with Gasteiger partial charge < -0.3 is 5.32 Å². The fourth-order valence-electron chi connectivity index (χ4n) is 1.98. The molecule has 0 fully saturated rings. The van der Waals surface area contributed by atoms with Crippen molar-refractivity contribution in [3.05, 3.63) is 68.3 Å². The van der Waals surface area contributed by atoms with Gasteiger partial charge in [-0.1, -0.05) is 23.7 Å². The Labute approximate surface area is 137 Å². The number of halogens is 2. The largest absolute Gasteiger partial charge is 0.349 e. The summed E-state index contributed by atoms with van der Waals surface area (Å²) >= 11 is 8.18. The molecule has 0 bridgehead atoms. The van der Waals surface area contributed by atoms with E-state index in [1.807, 2.05) is 55.5 Å². The molecular formula is C16H15ClINO. The van der Waals surface area contributed by atoms with Crippen molar-refractivity contribution in [2.45, 2.75) is 19.4 Å². The number of benzene rings is 2. The van der Waals surface area contributed by atoms with Crippen molar-refractivity contribution in [2.75, 3.05) is 0 Å². The highest BCUT2D eigenvalue weighted by molar-refractivity contribution is 14.1. The first-order valence-electron chi connectivity index (χ1n) is 6.35. The van der Waals surface area contributed by atoms with Crippen LogP contribution in [0.1, 0.15) is 22.8 Å². The van der Waals surface area contributed by atoms with Crippen LogP contribution in [0.4, 0.5) is 0 Å². The van der Waals surface area contributed by atoms with Crippen LogP contribution in [0.15, 0.2) is 48.5 Å². The fraction of sp³-hybridized carbons (Fsp3) is 0.188. The van der Waals surface area contributed by atoms with E-state index in [2.05, 4.69) is 27.9 Å². The lowest BCUT2D eigenvalue weighted by Gasteiger charge is -2.14. The number of hydrogen-bond donors (Lipinski definition) is 1. The molecule has 20 heavy (non-hydrogen) atoms. The van der Waals surface area contributed by atoms with Crippen LogP contribution in [0.2, 0.25) is 5.02 Å². The third-order valence-corrected chi connectivity index (χ3v) is 3.87. The lowest BCUT2D eigenvalue weighted by molar-refractivity contribution is 0.0940. The van der Waals surface area contributed by atoms with Gasteiger partial charge in [0.05, 0.1) is 0 Å². The van der Waals surface area contributed by atoms with E-state index in [-0.39, 0.29) is 11.9 Å². The zero-order chi connectivity index (χ0) is 14.5. The number of carbonyl (C=O) groups excluding carboxylic acids is 1. The molecule has 0 saturated heterocycles.